The Morgan fingerprint density at radius 1 is 1.36 bits per heavy atom. The molecule has 0 saturated heterocycles. The van der Waals surface area contributed by atoms with Crippen molar-refractivity contribution in [3.05, 3.63) is 29.3 Å². The molecule has 0 unspecified atom stereocenters. The summed E-state index contributed by atoms with van der Waals surface area (Å²) in [6.07, 6.45) is 0. The lowest BCUT2D eigenvalue weighted by molar-refractivity contribution is 0.612. The van der Waals surface area contributed by atoms with E-state index in [-0.39, 0.29) is 4.90 Å². The molecule has 0 radical (unpaired) electrons. The molecule has 0 aliphatic rings. The second kappa shape index (κ2) is 3.28. The van der Waals surface area contributed by atoms with Gasteiger partial charge in [0.15, 0.2) is 0 Å². The molecule has 0 aliphatic carbocycles. The first kappa shape index (κ1) is 9.28. The zero-order chi connectivity index (χ0) is 8.48. The Hall–Kier alpha value is 0.190. The van der Waals surface area contributed by atoms with Gasteiger partial charge < -0.3 is 0 Å². The molecule has 5 heteroatoms. The summed E-state index contributed by atoms with van der Waals surface area (Å²) in [5, 5.41) is 0.433. The van der Waals surface area contributed by atoms with Crippen LogP contribution in [0.1, 0.15) is 0 Å². The maximum absolute atomic E-state index is 10.9. The summed E-state index contributed by atoms with van der Waals surface area (Å²) >= 11 is 6.96. The second-order valence-electron chi connectivity index (χ2n) is 1.90. The monoisotopic (exact) mass is 302 g/mol. The normalized spacial score (nSPS) is 11.5. The maximum Gasteiger partial charge on any atom is 0.231 e. The molecule has 1 aromatic carbocycles. The number of benzene rings is 1. The molecule has 0 fully saturated rings. The number of hydrogen-bond donors (Lipinski definition) is 0. The van der Waals surface area contributed by atoms with Gasteiger partial charge in [0.05, 0.1) is 26.1 Å². The first-order valence-corrected chi connectivity index (χ1v) is 7.11. The second-order valence-corrected chi connectivity index (χ2v) is 7.16. The van der Waals surface area contributed by atoms with Crippen LogP contribution in [0.15, 0.2) is 29.2 Å². The van der Waals surface area contributed by atoms with Gasteiger partial charge in [0.1, 0.15) is 0 Å². The summed E-state index contributed by atoms with van der Waals surface area (Å²) in [6.45, 7) is 0. The van der Waals surface area contributed by atoms with Crippen LogP contribution >= 0.6 is 32.8 Å². The van der Waals surface area contributed by atoms with Gasteiger partial charge in [-0.1, -0.05) is 17.7 Å². The molecule has 0 heterocycles. The van der Waals surface area contributed by atoms with Crippen LogP contribution in [-0.2, 0) is 7.01 Å². The van der Waals surface area contributed by atoms with E-state index in [1.54, 1.807) is 12.1 Å². The standard InChI is InChI=1S/C6H4ClIO2S/c7-5-2-1-3-6(4-5)11(8,9)10/h1-4H. The summed E-state index contributed by atoms with van der Waals surface area (Å²) in [7, 11) is -3.14. The molecule has 0 bridgehead atoms. The number of hydrogen-bond acceptors (Lipinski definition) is 2. The molecule has 0 amide bonds. The average molecular weight is 303 g/mol. The van der Waals surface area contributed by atoms with E-state index < -0.39 is 7.01 Å². The van der Waals surface area contributed by atoms with Crippen molar-refractivity contribution in [1.29, 1.82) is 0 Å². The summed E-state index contributed by atoms with van der Waals surface area (Å²) in [4.78, 5) is 0.241. The molecular weight excluding hydrogens is 298 g/mol. The maximum atomic E-state index is 10.9. The minimum atomic E-state index is -3.14. The summed E-state index contributed by atoms with van der Waals surface area (Å²) in [5.74, 6) is 0. The lowest BCUT2D eigenvalue weighted by atomic mass is 10.4. The number of halogens is 2. The van der Waals surface area contributed by atoms with Gasteiger partial charge in [0.2, 0.25) is 7.01 Å². The Balaban J connectivity index is 3.28. The van der Waals surface area contributed by atoms with Crippen molar-refractivity contribution in [3.63, 3.8) is 0 Å². The predicted octanol–water partition coefficient (Wildman–Crippen LogP) is 2.46. The molecule has 2 nitrogen and oxygen atoms in total. The van der Waals surface area contributed by atoms with Gasteiger partial charge in [-0.15, -0.1) is 0 Å². The summed E-state index contributed by atoms with van der Waals surface area (Å²) in [5.41, 5.74) is 0. The van der Waals surface area contributed by atoms with E-state index in [0.29, 0.717) is 5.02 Å². The van der Waals surface area contributed by atoms with Crippen LogP contribution in [0.5, 0.6) is 0 Å². The highest BCUT2D eigenvalue weighted by Crippen LogP contribution is 2.20. The minimum Gasteiger partial charge on any atom is -0.213 e. The highest BCUT2D eigenvalue weighted by molar-refractivity contribution is 14.2. The molecule has 0 spiro atoms. The average Bonchev–Trinajstić information content (AvgIpc) is 1.86. The molecule has 0 saturated carbocycles. The molecule has 0 N–H and O–H groups in total. The first-order chi connectivity index (χ1) is 5.00. The third-order valence-electron chi connectivity index (χ3n) is 1.08. The van der Waals surface area contributed by atoms with Crippen molar-refractivity contribution >= 4 is 39.8 Å². The molecule has 1 rings (SSSR count). The topological polar surface area (TPSA) is 34.1 Å². The zero-order valence-corrected chi connectivity index (χ0v) is 9.02. The minimum absolute atomic E-state index is 0.241. The van der Waals surface area contributed by atoms with Crippen LogP contribution in [0.25, 0.3) is 0 Å². The van der Waals surface area contributed by atoms with Crippen molar-refractivity contribution in [1.82, 2.24) is 0 Å². The largest absolute Gasteiger partial charge is 0.231 e. The van der Waals surface area contributed by atoms with E-state index in [4.69, 9.17) is 11.6 Å². The van der Waals surface area contributed by atoms with Crippen molar-refractivity contribution in [2.45, 2.75) is 4.90 Å². The van der Waals surface area contributed by atoms with Crippen LogP contribution in [0.2, 0.25) is 5.02 Å². The van der Waals surface area contributed by atoms with Crippen LogP contribution in [0, 0.1) is 0 Å². The van der Waals surface area contributed by atoms with Gasteiger partial charge in [-0.05, 0) is 18.2 Å². The lowest BCUT2D eigenvalue weighted by Crippen LogP contribution is -1.87. The van der Waals surface area contributed by atoms with Crippen LogP contribution in [-0.4, -0.2) is 8.42 Å². The Bertz CT molecular complexity index is 361. The fraction of sp³-hybridized carbons (Fsp3) is 0. The Kier molecular flexibility index (Phi) is 2.77. The lowest BCUT2D eigenvalue weighted by Gasteiger charge is -1.94. The third-order valence-corrected chi connectivity index (χ3v) is 3.66. The smallest absolute Gasteiger partial charge is 0.213 e. The van der Waals surface area contributed by atoms with Crippen molar-refractivity contribution in [3.8, 4) is 0 Å². The van der Waals surface area contributed by atoms with Gasteiger partial charge in [-0.25, -0.2) is 8.42 Å². The zero-order valence-electron chi connectivity index (χ0n) is 5.29. The third kappa shape index (κ3) is 2.61. The number of rotatable bonds is 1. The van der Waals surface area contributed by atoms with E-state index in [1.165, 1.54) is 33.3 Å². The van der Waals surface area contributed by atoms with Crippen LogP contribution in [0.4, 0.5) is 0 Å². The highest BCUT2D eigenvalue weighted by Gasteiger charge is 2.07. The molecule has 11 heavy (non-hydrogen) atoms. The molecule has 0 atom stereocenters. The molecule has 1 aromatic rings. The highest BCUT2D eigenvalue weighted by atomic mass is 127. The SMILES string of the molecule is O=S(=O)(I)c1cccc(Cl)c1. The molecule has 0 aliphatic heterocycles. The Morgan fingerprint density at radius 3 is 2.36 bits per heavy atom. The van der Waals surface area contributed by atoms with Crippen LogP contribution < -0.4 is 0 Å². The van der Waals surface area contributed by atoms with E-state index in [1.807, 2.05) is 0 Å². The van der Waals surface area contributed by atoms with E-state index in [2.05, 4.69) is 0 Å². The van der Waals surface area contributed by atoms with Crippen molar-refractivity contribution in [2.75, 3.05) is 0 Å². The van der Waals surface area contributed by atoms with Gasteiger partial charge in [-0.2, -0.15) is 0 Å². The van der Waals surface area contributed by atoms with Gasteiger partial charge in [0, 0.05) is 5.02 Å². The summed E-state index contributed by atoms with van der Waals surface area (Å²) < 4.78 is 21.8. The molecule has 0 aromatic heterocycles. The molecular formula is C6H4ClIO2S. The fourth-order valence-electron chi connectivity index (χ4n) is 0.619. The van der Waals surface area contributed by atoms with E-state index >= 15 is 0 Å². The van der Waals surface area contributed by atoms with Gasteiger partial charge in [0.25, 0.3) is 0 Å². The van der Waals surface area contributed by atoms with Crippen molar-refractivity contribution < 1.29 is 8.42 Å². The van der Waals surface area contributed by atoms with Crippen molar-refractivity contribution in [2.24, 2.45) is 0 Å². The summed E-state index contributed by atoms with van der Waals surface area (Å²) in [6, 6.07) is 6.16. The fourth-order valence-corrected chi connectivity index (χ4v) is 2.20. The van der Waals surface area contributed by atoms with E-state index in [0.717, 1.165) is 0 Å². The van der Waals surface area contributed by atoms with Crippen LogP contribution in [0.3, 0.4) is 0 Å². The quantitative estimate of drug-likeness (QED) is 0.590. The van der Waals surface area contributed by atoms with Gasteiger partial charge >= 0.3 is 0 Å². The van der Waals surface area contributed by atoms with Gasteiger partial charge in [-0.3, -0.25) is 0 Å². The molecule has 60 valence electrons. The van der Waals surface area contributed by atoms with E-state index in [9.17, 15) is 8.42 Å². The predicted molar refractivity (Wildman–Crippen MR) is 52.7 cm³/mol. The Labute approximate surface area is 82.1 Å². The first-order valence-electron chi connectivity index (χ1n) is 2.70. The Morgan fingerprint density at radius 2 is 2.00 bits per heavy atom.